The largest absolute Gasteiger partial charge is 0.380 e. The fourth-order valence-electron chi connectivity index (χ4n) is 3.35. The highest BCUT2D eigenvalue weighted by Crippen LogP contribution is 2.26. The van der Waals surface area contributed by atoms with E-state index < -0.39 is 0 Å². The molecule has 0 atom stereocenters. The molecule has 30 heavy (non-hydrogen) atoms. The van der Waals surface area contributed by atoms with Gasteiger partial charge in [0.2, 0.25) is 0 Å². The van der Waals surface area contributed by atoms with Gasteiger partial charge in [0.05, 0.1) is 23.3 Å². The predicted molar refractivity (Wildman–Crippen MR) is 126 cm³/mol. The lowest BCUT2D eigenvalue weighted by molar-refractivity contribution is 0.500. The van der Waals surface area contributed by atoms with Gasteiger partial charge in [0, 0.05) is 35.8 Å². The number of fused-ring (bicyclic) bond motifs is 1. The van der Waals surface area contributed by atoms with Crippen molar-refractivity contribution < 1.29 is 0 Å². The van der Waals surface area contributed by atoms with Gasteiger partial charge < -0.3 is 20.9 Å². The molecule has 1 aliphatic rings. The number of aliphatic imine (C=N–C) groups is 1. The van der Waals surface area contributed by atoms with Crippen LogP contribution >= 0.6 is 0 Å². The average molecular weight is 410 g/mol. The lowest BCUT2D eigenvalue weighted by Crippen LogP contribution is -2.39. The maximum Gasteiger partial charge on any atom is 0.139 e. The van der Waals surface area contributed by atoms with Crippen molar-refractivity contribution in [3.8, 4) is 0 Å². The van der Waals surface area contributed by atoms with Gasteiger partial charge in [-0.15, -0.1) is 0 Å². The summed E-state index contributed by atoms with van der Waals surface area (Å²) in [6, 6.07) is 2.12. The number of unbranched alkanes of at least 4 members (excludes halogenated alkanes) is 1. The number of hydrogen-bond donors (Lipinski definition) is 4. The summed E-state index contributed by atoms with van der Waals surface area (Å²) in [6.45, 7) is 14.4. The van der Waals surface area contributed by atoms with E-state index >= 15 is 0 Å². The maximum absolute atomic E-state index is 4.43. The molecule has 7 nitrogen and oxygen atoms in total. The topological polar surface area (TPSA) is 90.0 Å². The molecular formula is C23H35N7. The molecule has 2 aromatic heterocycles. The van der Waals surface area contributed by atoms with Gasteiger partial charge in [-0.25, -0.2) is 9.97 Å². The predicted octanol–water partition coefficient (Wildman–Crippen LogP) is 4.57. The highest BCUT2D eigenvalue weighted by molar-refractivity contribution is 5.89. The fourth-order valence-corrected chi connectivity index (χ4v) is 3.35. The van der Waals surface area contributed by atoms with E-state index in [2.05, 4.69) is 89.6 Å². The molecule has 3 heterocycles. The first-order chi connectivity index (χ1) is 14.2. The molecule has 7 heteroatoms. The third-order valence-electron chi connectivity index (χ3n) is 4.78. The van der Waals surface area contributed by atoms with E-state index in [0.29, 0.717) is 13.1 Å². The Bertz CT molecular complexity index is 916. The van der Waals surface area contributed by atoms with Crippen LogP contribution in [0.15, 0.2) is 29.7 Å². The molecule has 0 aliphatic carbocycles. The van der Waals surface area contributed by atoms with Crippen LogP contribution in [-0.2, 0) is 6.54 Å². The molecule has 3 rings (SSSR count). The minimum atomic E-state index is -0.230. The van der Waals surface area contributed by atoms with Crippen molar-refractivity contribution in [3.63, 3.8) is 0 Å². The monoisotopic (exact) mass is 409 g/mol. The second kappa shape index (κ2) is 8.90. The van der Waals surface area contributed by atoms with Gasteiger partial charge in [0.25, 0.3) is 0 Å². The maximum atomic E-state index is 4.43. The summed E-state index contributed by atoms with van der Waals surface area (Å²) in [5.74, 6) is 1.84. The molecule has 162 valence electrons. The minimum absolute atomic E-state index is 0.0100. The second-order valence-electron chi connectivity index (χ2n) is 9.46. The van der Waals surface area contributed by atoms with E-state index in [1.807, 2.05) is 12.4 Å². The van der Waals surface area contributed by atoms with Gasteiger partial charge in [0.15, 0.2) is 0 Å². The summed E-state index contributed by atoms with van der Waals surface area (Å²) in [5, 5.41) is 10.8. The van der Waals surface area contributed by atoms with Crippen molar-refractivity contribution in [2.24, 2.45) is 4.99 Å². The van der Waals surface area contributed by atoms with Crippen molar-refractivity contribution >= 4 is 23.5 Å². The number of hydrogen-bond acceptors (Lipinski definition) is 6. The van der Waals surface area contributed by atoms with Gasteiger partial charge in [-0.3, -0.25) is 4.99 Å². The molecule has 0 saturated heterocycles. The SMILES string of the molecule is CCC/C=C(/NC(C)(C)C)c1cc[nH]c1NCC(C)(C)Nc1ncnc2c1C=NC2. The first-order valence-electron chi connectivity index (χ1n) is 10.7. The molecule has 0 spiro atoms. The number of H-pyrrole nitrogens is 1. The van der Waals surface area contributed by atoms with Crippen molar-refractivity contribution in [1.29, 1.82) is 0 Å². The Morgan fingerprint density at radius 1 is 1.20 bits per heavy atom. The summed E-state index contributed by atoms with van der Waals surface area (Å²) in [4.78, 5) is 16.4. The van der Waals surface area contributed by atoms with Gasteiger partial charge in [0.1, 0.15) is 18.0 Å². The molecule has 2 aromatic rings. The second-order valence-corrected chi connectivity index (χ2v) is 9.46. The molecule has 1 aliphatic heterocycles. The molecule has 0 unspecified atom stereocenters. The van der Waals surface area contributed by atoms with E-state index in [4.69, 9.17) is 0 Å². The Hall–Kier alpha value is -2.83. The van der Waals surface area contributed by atoms with Gasteiger partial charge >= 0.3 is 0 Å². The zero-order chi connectivity index (χ0) is 21.8. The fraction of sp³-hybridized carbons (Fsp3) is 0.522. The number of aromatic nitrogens is 3. The number of nitrogens with zero attached hydrogens (tertiary/aromatic N) is 3. The zero-order valence-corrected chi connectivity index (χ0v) is 19.1. The van der Waals surface area contributed by atoms with Crippen molar-refractivity contribution in [2.45, 2.75) is 72.0 Å². The average Bonchev–Trinajstić information content (AvgIpc) is 3.32. The standard InChI is InChI=1S/C23H35N7/c1-7-8-9-18(29-22(2,3)4)16-10-11-25-20(16)26-14-23(5,6)30-21-17-12-24-13-19(17)27-15-28-21/h9-12,15,25-26,29H,7-8,13-14H2,1-6H3,(H,27,28,30)/b18-9+. The van der Waals surface area contributed by atoms with Crippen LogP contribution in [0.3, 0.4) is 0 Å². The van der Waals surface area contributed by atoms with Crippen LogP contribution in [0.1, 0.15) is 71.2 Å². The van der Waals surface area contributed by atoms with E-state index in [1.54, 1.807) is 6.33 Å². The molecule has 0 fully saturated rings. The molecule has 4 N–H and O–H groups in total. The van der Waals surface area contributed by atoms with Gasteiger partial charge in [-0.1, -0.05) is 19.4 Å². The van der Waals surface area contributed by atoms with Crippen LogP contribution in [0.2, 0.25) is 0 Å². The third-order valence-corrected chi connectivity index (χ3v) is 4.78. The number of aromatic amines is 1. The Labute approximate surface area is 179 Å². The molecule has 0 amide bonds. The van der Waals surface area contributed by atoms with Crippen LogP contribution in [0.5, 0.6) is 0 Å². The molecule has 0 saturated carbocycles. The number of allylic oxidation sites excluding steroid dienone is 1. The van der Waals surface area contributed by atoms with E-state index in [-0.39, 0.29) is 11.1 Å². The van der Waals surface area contributed by atoms with E-state index in [1.165, 1.54) is 0 Å². The number of nitrogens with one attached hydrogen (secondary N) is 4. The smallest absolute Gasteiger partial charge is 0.139 e. The number of rotatable bonds is 9. The highest BCUT2D eigenvalue weighted by Gasteiger charge is 2.23. The summed E-state index contributed by atoms with van der Waals surface area (Å²) in [7, 11) is 0. The Morgan fingerprint density at radius 3 is 2.73 bits per heavy atom. The van der Waals surface area contributed by atoms with Crippen LogP contribution in [0.25, 0.3) is 5.70 Å². The van der Waals surface area contributed by atoms with Crippen molar-refractivity contribution in [1.82, 2.24) is 20.3 Å². The number of anilines is 2. The van der Waals surface area contributed by atoms with Crippen LogP contribution in [0.4, 0.5) is 11.6 Å². The molecule has 0 bridgehead atoms. The Kier molecular flexibility index (Phi) is 6.48. The summed E-state index contributed by atoms with van der Waals surface area (Å²) in [5.41, 5.74) is 4.04. The quantitative estimate of drug-likeness (QED) is 0.487. The normalized spacial score (nSPS) is 14.0. The van der Waals surface area contributed by atoms with Crippen LogP contribution in [0, 0.1) is 0 Å². The first-order valence-corrected chi connectivity index (χ1v) is 10.7. The molecule has 0 radical (unpaired) electrons. The van der Waals surface area contributed by atoms with Gasteiger partial charge in [-0.05, 0) is 47.1 Å². The van der Waals surface area contributed by atoms with Crippen LogP contribution < -0.4 is 16.0 Å². The van der Waals surface area contributed by atoms with Crippen molar-refractivity contribution in [3.05, 3.63) is 41.5 Å². The summed E-state index contributed by atoms with van der Waals surface area (Å²) >= 11 is 0. The Balaban J connectivity index is 1.72. The zero-order valence-electron chi connectivity index (χ0n) is 19.1. The lowest BCUT2D eigenvalue weighted by atomic mass is 10.0. The van der Waals surface area contributed by atoms with E-state index in [0.717, 1.165) is 47.0 Å². The minimum Gasteiger partial charge on any atom is -0.380 e. The summed E-state index contributed by atoms with van der Waals surface area (Å²) < 4.78 is 0. The highest BCUT2D eigenvalue weighted by atomic mass is 15.1. The van der Waals surface area contributed by atoms with Crippen LogP contribution in [-0.4, -0.2) is 38.8 Å². The van der Waals surface area contributed by atoms with Crippen molar-refractivity contribution in [2.75, 3.05) is 17.2 Å². The Morgan fingerprint density at radius 2 is 2.00 bits per heavy atom. The lowest BCUT2D eigenvalue weighted by Gasteiger charge is -2.29. The van der Waals surface area contributed by atoms with E-state index in [9.17, 15) is 0 Å². The molecule has 0 aromatic carbocycles. The first kappa shape index (κ1) is 21.9. The molecular weight excluding hydrogens is 374 g/mol. The third kappa shape index (κ3) is 5.62. The summed E-state index contributed by atoms with van der Waals surface area (Å²) in [6.07, 6.45) is 9.88. The van der Waals surface area contributed by atoms with Gasteiger partial charge in [-0.2, -0.15) is 0 Å².